The van der Waals surface area contributed by atoms with E-state index in [9.17, 15) is 22.4 Å². The molecule has 0 radical (unpaired) electrons. The van der Waals surface area contributed by atoms with Crippen molar-refractivity contribution in [3.05, 3.63) is 95.3 Å². The van der Waals surface area contributed by atoms with Gasteiger partial charge in [-0.1, -0.05) is 24.3 Å². The maximum atomic E-state index is 12.9. The minimum atomic E-state index is -3.77. The van der Waals surface area contributed by atoms with Crippen molar-refractivity contribution >= 4 is 21.8 Å². The van der Waals surface area contributed by atoms with Crippen LogP contribution < -0.4 is 9.46 Å². The second-order valence-corrected chi connectivity index (χ2v) is 8.85. The van der Waals surface area contributed by atoms with Crippen LogP contribution >= 0.6 is 0 Å². The molecule has 1 aliphatic heterocycles. The Morgan fingerprint density at radius 2 is 1.44 bits per heavy atom. The number of hydrogen-bond donors (Lipinski definition) is 1. The standard InChI is InChI=1S/C23H19FN2O5S/c24-17-7-9-18(10-8-17)31-14-13-25-32(29,30)19-11-5-16(6-12-19)15-26-22(27)20-3-1-2-4-21(20)23(26)28/h1-12,25H,13-15H2. The highest BCUT2D eigenvalue weighted by atomic mass is 32.2. The molecule has 0 fully saturated rings. The summed E-state index contributed by atoms with van der Waals surface area (Å²) in [6.45, 7) is 0.144. The number of hydrogen-bond acceptors (Lipinski definition) is 5. The number of rotatable bonds is 8. The molecule has 1 heterocycles. The maximum Gasteiger partial charge on any atom is 0.261 e. The molecule has 164 valence electrons. The smallest absolute Gasteiger partial charge is 0.261 e. The van der Waals surface area contributed by atoms with Gasteiger partial charge in [-0.2, -0.15) is 0 Å². The molecule has 0 atom stereocenters. The van der Waals surface area contributed by atoms with Gasteiger partial charge in [0.05, 0.1) is 22.6 Å². The van der Waals surface area contributed by atoms with Crippen LogP contribution in [-0.2, 0) is 16.6 Å². The van der Waals surface area contributed by atoms with Crippen molar-refractivity contribution in [2.45, 2.75) is 11.4 Å². The molecule has 0 aromatic heterocycles. The molecular weight excluding hydrogens is 435 g/mol. The van der Waals surface area contributed by atoms with Crippen LogP contribution in [0.15, 0.2) is 77.7 Å². The largest absolute Gasteiger partial charge is 0.492 e. The van der Waals surface area contributed by atoms with E-state index in [0.29, 0.717) is 22.4 Å². The molecule has 4 rings (SSSR count). The van der Waals surface area contributed by atoms with Crippen LogP contribution in [0.3, 0.4) is 0 Å². The van der Waals surface area contributed by atoms with E-state index in [2.05, 4.69) is 4.72 Å². The number of amides is 2. The summed E-state index contributed by atoms with van der Waals surface area (Å²) in [4.78, 5) is 26.1. The van der Waals surface area contributed by atoms with Gasteiger partial charge in [0.2, 0.25) is 10.0 Å². The zero-order valence-corrected chi connectivity index (χ0v) is 17.6. The van der Waals surface area contributed by atoms with Gasteiger partial charge in [0.15, 0.2) is 0 Å². The summed E-state index contributed by atoms with van der Waals surface area (Å²) >= 11 is 0. The van der Waals surface area contributed by atoms with E-state index in [4.69, 9.17) is 4.74 Å². The highest BCUT2D eigenvalue weighted by Crippen LogP contribution is 2.24. The van der Waals surface area contributed by atoms with Gasteiger partial charge in [-0.25, -0.2) is 17.5 Å². The molecular formula is C23H19FN2O5S. The number of benzene rings is 3. The van der Waals surface area contributed by atoms with Crippen molar-refractivity contribution in [1.29, 1.82) is 0 Å². The Kier molecular flexibility index (Phi) is 6.02. The average Bonchev–Trinajstić information content (AvgIpc) is 3.03. The molecule has 0 aliphatic carbocycles. The Morgan fingerprint density at radius 1 is 0.844 bits per heavy atom. The minimum absolute atomic E-state index is 0.0243. The third kappa shape index (κ3) is 4.53. The molecule has 3 aromatic rings. The molecule has 7 nitrogen and oxygen atoms in total. The molecule has 0 spiro atoms. The quantitative estimate of drug-likeness (QED) is 0.417. The van der Waals surface area contributed by atoms with Crippen LogP contribution in [0, 0.1) is 5.82 Å². The number of sulfonamides is 1. The second kappa shape index (κ2) is 8.89. The number of imide groups is 1. The van der Waals surface area contributed by atoms with E-state index in [1.54, 1.807) is 36.4 Å². The van der Waals surface area contributed by atoms with Crippen molar-refractivity contribution in [2.75, 3.05) is 13.2 Å². The number of ether oxygens (including phenoxy) is 1. The lowest BCUT2D eigenvalue weighted by Gasteiger charge is -2.14. The summed E-state index contributed by atoms with van der Waals surface area (Å²) in [5, 5.41) is 0. The van der Waals surface area contributed by atoms with Gasteiger partial charge in [-0.05, 0) is 54.1 Å². The maximum absolute atomic E-state index is 12.9. The monoisotopic (exact) mass is 454 g/mol. The fraction of sp³-hybridized carbons (Fsp3) is 0.130. The first-order valence-electron chi connectivity index (χ1n) is 9.77. The highest BCUT2D eigenvalue weighted by Gasteiger charge is 2.34. The molecule has 1 aliphatic rings. The van der Waals surface area contributed by atoms with Gasteiger partial charge in [0, 0.05) is 6.54 Å². The Hall–Kier alpha value is -3.56. The summed E-state index contributed by atoms with van der Waals surface area (Å²) in [6, 6.07) is 18.0. The summed E-state index contributed by atoms with van der Waals surface area (Å²) < 4.78 is 45.6. The van der Waals surface area contributed by atoms with Gasteiger partial charge >= 0.3 is 0 Å². The number of carbonyl (C=O) groups excluding carboxylic acids is 2. The van der Waals surface area contributed by atoms with Gasteiger partial charge in [-0.15, -0.1) is 0 Å². The number of nitrogens with one attached hydrogen (secondary N) is 1. The topological polar surface area (TPSA) is 92.8 Å². The van der Waals surface area contributed by atoms with Crippen molar-refractivity contribution in [3.8, 4) is 5.75 Å². The van der Waals surface area contributed by atoms with Crippen molar-refractivity contribution in [3.63, 3.8) is 0 Å². The number of halogens is 1. The summed E-state index contributed by atoms with van der Waals surface area (Å²) in [5.74, 6) is -0.692. The summed E-state index contributed by atoms with van der Waals surface area (Å²) in [7, 11) is -3.77. The molecule has 3 aromatic carbocycles. The van der Waals surface area contributed by atoms with Crippen molar-refractivity contribution in [2.24, 2.45) is 0 Å². The second-order valence-electron chi connectivity index (χ2n) is 7.09. The van der Waals surface area contributed by atoms with Gasteiger partial charge in [0.25, 0.3) is 11.8 Å². The molecule has 0 saturated heterocycles. The zero-order chi connectivity index (χ0) is 22.7. The number of fused-ring (bicyclic) bond motifs is 1. The van der Waals surface area contributed by atoms with E-state index in [1.807, 2.05) is 0 Å². The van der Waals surface area contributed by atoms with Crippen LogP contribution in [0.1, 0.15) is 26.3 Å². The SMILES string of the molecule is O=C1c2ccccc2C(=O)N1Cc1ccc(S(=O)(=O)NCCOc2ccc(F)cc2)cc1. The fourth-order valence-corrected chi connectivity index (χ4v) is 4.31. The van der Waals surface area contributed by atoms with Crippen LogP contribution in [0.2, 0.25) is 0 Å². The van der Waals surface area contributed by atoms with Gasteiger partial charge in [-0.3, -0.25) is 14.5 Å². The van der Waals surface area contributed by atoms with Crippen LogP contribution in [-0.4, -0.2) is 38.3 Å². The van der Waals surface area contributed by atoms with E-state index < -0.39 is 10.0 Å². The van der Waals surface area contributed by atoms with Crippen LogP contribution in [0.25, 0.3) is 0 Å². The lowest BCUT2D eigenvalue weighted by atomic mass is 10.1. The first-order chi connectivity index (χ1) is 15.3. The third-order valence-electron chi connectivity index (χ3n) is 4.93. The Labute approximate surface area is 184 Å². The highest BCUT2D eigenvalue weighted by molar-refractivity contribution is 7.89. The van der Waals surface area contributed by atoms with Crippen molar-refractivity contribution < 1.29 is 27.1 Å². The van der Waals surface area contributed by atoms with Gasteiger partial charge in [0.1, 0.15) is 18.2 Å². The third-order valence-corrected chi connectivity index (χ3v) is 6.41. The summed E-state index contributed by atoms with van der Waals surface area (Å²) in [5.41, 5.74) is 1.35. The average molecular weight is 454 g/mol. The van der Waals surface area contributed by atoms with Crippen LogP contribution in [0.5, 0.6) is 5.75 Å². The molecule has 0 bridgehead atoms. The molecule has 0 saturated carbocycles. The predicted molar refractivity (Wildman–Crippen MR) is 114 cm³/mol. The number of nitrogens with zero attached hydrogens (tertiary/aromatic N) is 1. The van der Waals surface area contributed by atoms with Crippen LogP contribution in [0.4, 0.5) is 4.39 Å². The van der Waals surface area contributed by atoms with E-state index in [-0.39, 0.29) is 42.2 Å². The first-order valence-corrected chi connectivity index (χ1v) is 11.3. The zero-order valence-electron chi connectivity index (χ0n) is 16.8. The predicted octanol–water partition coefficient (Wildman–Crippen LogP) is 2.98. The Balaban J connectivity index is 1.34. The first kappa shape index (κ1) is 21.7. The van der Waals surface area contributed by atoms with Gasteiger partial charge < -0.3 is 4.74 Å². The fourth-order valence-electron chi connectivity index (χ4n) is 3.30. The molecule has 9 heteroatoms. The van der Waals surface area contributed by atoms with E-state index in [0.717, 1.165) is 4.90 Å². The lowest BCUT2D eigenvalue weighted by Crippen LogP contribution is -2.29. The number of carbonyl (C=O) groups is 2. The molecule has 2 amide bonds. The normalized spacial score (nSPS) is 13.3. The van der Waals surface area contributed by atoms with E-state index >= 15 is 0 Å². The molecule has 0 unspecified atom stereocenters. The lowest BCUT2D eigenvalue weighted by molar-refractivity contribution is 0.0642. The van der Waals surface area contributed by atoms with E-state index in [1.165, 1.54) is 36.4 Å². The Morgan fingerprint density at radius 3 is 2.03 bits per heavy atom. The molecule has 1 N–H and O–H groups in total. The molecule has 32 heavy (non-hydrogen) atoms. The minimum Gasteiger partial charge on any atom is -0.492 e. The Bertz CT molecular complexity index is 1220. The van der Waals surface area contributed by atoms with Crippen molar-refractivity contribution in [1.82, 2.24) is 9.62 Å². The summed E-state index contributed by atoms with van der Waals surface area (Å²) in [6.07, 6.45) is 0.